The molecule has 0 spiro atoms. The topological polar surface area (TPSA) is 4.41 Å². The van der Waals surface area contributed by atoms with Crippen molar-refractivity contribution in [1.29, 1.82) is 0 Å². The molecule has 0 aliphatic heterocycles. The molecule has 0 saturated carbocycles. The Hall–Kier alpha value is -11.1. The Morgan fingerprint density at radius 3 is 1.07 bits per heavy atom. The number of para-hydroxylation sites is 2. The van der Waals surface area contributed by atoms with E-state index in [0.29, 0.717) is 0 Å². The van der Waals surface area contributed by atoms with Gasteiger partial charge in [0.25, 0.3) is 0 Å². The molecule has 0 bridgehead atoms. The van der Waals surface area contributed by atoms with Gasteiger partial charge in [0.15, 0.2) is 0 Å². The van der Waals surface area contributed by atoms with Gasteiger partial charge in [-0.2, -0.15) is 0 Å². The van der Waals surface area contributed by atoms with Gasteiger partial charge in [0, 0.05) is 27.0 Å². The van der Waals surface area contributed by atoms with E-state index in [2.05, 4.69) is 315 Å². The summed E-state index contributed by atoms with van der Waals surface area (Å²) in [4.78, 5) is 0. The molecular weight excluding hydrogens is 1060 g/mol. The Morgan fingerprint density at radius 2 is 0.557 bits per heavy atom. The van der Waals surface area contributed by atoms with E-state index in [0.717, 1.165) is 6.42 Å². The van der Waals surface area contributed by atoms with Gasteiger partial charge in [-0.25, -0.2) is 0 Å². The van der Waals surface area contributed by atoms with Crippen molar-refractivity contribution in [3.63, 3.8) is 0 Å². The van der Waals surface area contributed by atoms with Gasteiger partial charge in [-0.1, -0.05) is 250 Å². The molecule has 0 radical (unpaired) electrons. The number of rotatable bonds is 8. The van der Waals surface area contributed by atoms with Crippen LogP contribution in [-0.2, 0) is 11.8 Å². The molecule has 1 aliphatic rings. The lowest BCUT2D eigenvalue weighted by molar-refractivity contribution is 0.585. The third-order valence-electron chi connectivity index (χ3n) is 20.1. The third-order valence-corrected chi connectivity index (χ3v) is 20.1. The molecule has 0 amide bonds. The smallest absolute Gasteiger partial charge is 0.0620 e. The average Bonchev–Trinajstić information content (AvgIpc) is 1.70. The van der Waals surface area contributed by atoms with Crippen molar-refractivity contribution in [2.24, 2.45) is 0 Å². The number of benzene rings is 16. The predicted octanol–water partition coefficient (Wildman–Crippen LogP) is 23.6. The van der Waals surface area contributed by atoms with Crippen LogP contribution in [0.5, 0.6) is 0 Å². The van der Waals surface area contributed by atoms with Crippen LogP contribution in [0.4, 0.5) is 0 Å². The zero-order valence-electron chi connectivity index (χ0n) is 48.5. The third kappa shape index (κ3) is 7.22. The van der Waals surface area contributed by atoms with Crippen molar-refractivity contribution in [2.75, 3.05) is 0 Å². The van der Waals surface area contributed by atoms with Gasteiger partial charge in [0.2, 0.25) is 0 Å². The summed E-state index contributed by atoms with van der Waals surface area (Å²) in [5.74, 6) is 0. The van der Waals surface area contributed by atoms with Crippen molar-refractivity contribution < 1.29 is 0 Å². The molecule has 1 nitrogen and oxygen atoms in total. The first-order valence-corrected chi connectivity index (χ1v) is 30.9. The highest BCUT2D eigenvalue weighted by atomic mass is 14.9. The normalized spacial score (nSPS) is 14.1. The minimum absolute atomic E-state index is 0.241. The monoisotopic (exact) mass is 1110 g/mol. The molecule has 88 heavy (non-hydrogen) atoms. The lowest BCUT2D eigenvalue weighted by Gasteiger charge is -2.28. The SMILES string of the molecule is CC1(Cc2ccc3c4ccc(-c5cccc(-c6cccc(-c7cc8c9ccccc9n9c%10ccccc%10c(c7)c89)c6)c5)cc4c4ccccc4c3c2)c2cccc3c4ccc(-c5cccc(-c6cccc(-c7ccccc7)c6)c5)cc4c4cccc1c4c23. The number of nitrogens with zero attached hydrogens (tertiary/aromatic N) is 1. The predicted molar refractivity (Wildman–Crippen MR) is 375 cm³/mol. The summed E-state index contributed by atoms with van der Waals surface area (Å²) in [6.07, 6.45) is 0.885. The molecular formula is C87H55N. The standard InChI is InChI=1S/C87H55N/c1-87(80-33-15-31-73-70-42-39-64(49-77(70)74-32-16-34-81(87)85(74)84(73)80)61-25-12-21-57(45-61)56-20-11-19-55(44-56)54-17-3-2-4-18-54)52-53-37-40-68-69-41-38-63(48-76(69)67-28-6-5-27-66(67)75(68)43-53)60-24-13-22-58(46-60)59-23-14-26-62(47-59)65-50-78-71-29-7-9-35-82(71)88-83-36-10-8-30-72(83)79(51-65)86(78)88/h2-51H,52H2,1H3. The molecule has 0 saturated heterocycles. The molecule has 408 valence electrons. The molecule has 2 aromatic heterocycles. The van der Waals surface area contributed by atoms with Gasteiger partial charge >= 0.3 is 0 Å². The highest BCUT2D eigenvalue weighted by Crippen LogP contribution is 2.54. The van der Waals surface area contributed by atoms with Crippen LogP contribution in [-0.4, -0.2) is 4.40 Å². The maximum atomic E-state index is 2.51. The second-order valence-corrected chi connectivity index (χ2v) is 24.9. The Bertz CT molecular complexity index is 5880. The van der Waals surface area contributed by atoms with Gasteiger partial charge in [0.05, 0.1) is 16.6 Å². The van der Waals surface area contributed by atoms with Crippen molar-refractivity contribution in [1.82, 2.24) is 4.40 Å². The second-order valence-electron chi connectivity index (χ2n) is 24.9. The molecule has 19 rings (SSSR count). The first-order chi connectivity index (χ1) is 43.5. The second kappa shape index (κ2) is 18.7. The van der Waals surface area contributed by atoms with Crippen LogP contribution < -0.4 is 0 Å². The Balaban J connectivity index is 0.663. The molecule has 18 aromatic rings. The van der Waals surface area contributed by atoms with E-state index in [9.17, 15) is 0 Å². The molecule has 1 aliphatic carbocycles. The van der Waals surface area contributed by atoms with Crippen molar-refractivity contribution in [2.45, 2.75) is 18.8 Å². The van der Waals surface area contributed by atoms with E-state index >= 15 is 0 Å². The van der Waals surface area contributed by atoms with E-state index in [1.807, 2.05) is 0 Å². The maximum absolute atomic E-state index is 2.51. The van der Waals surface area contributed by atoms with E-state index in [4.69, 9.17) is 0 Å². The van der Waals surface area contributed by atoms with Crippen molar-refractivity contribution in [3.8, 4) is 66.8 Å². The molecule has 0 N–H and O–H groups in total. The first kappa shape index (κ1) is 49.2. The van der Waals surface area contributed by atoms with E-state index < -0.39 is 0 Å². The largest absolute Gasteiger partial charge is 0.308 e. The van der Waals surface area contributed by atoms with Crippen LogP contribution in [0, 0.1) is 0 Å². The lowest BCUT2D eigenvalue weighted by atomic mass is 9.74. The number of hydrogen-bond donors (Lipinski definition) is 0. The number of fused-ring (bicyclic) bond motifs is 15. The van der Waals surface area contributed by atoms with Crippen LogP contribution in [0.2, 0.25) is 0 Å². The van der Waals surface area contributed by atoms with Gasteiger partial charge in [-0.15, -0.1) is 0 Å². The van der Waals surface area contributed by atoms with Crippen LogP contribution in [0.3, 0.4) is 0 Å². The van der Waals surface area contributed by atoms with E-state index in [1.165, 1.54) is 186 Å². The van der Waals surface area contributed by atoms with Gasteiger partial charge in [-0.3, -0.25) is 0 Å². The van der Waals surface area contributed by atoms with Crippen LogP contribution in [0.1, 0.15) is 23.6 Å². The van der Waals surface area contributed by atoms with Gasteiger partial charge in [0.1, 0.15) is 0 Å². The van der Waals surface area contributed by atoms with Gasteiger partial charge in [-0.05, 0) is 215 Å². The van der Waals surface area contributed by atoms with E-state index in [-0.39, 0.29) is 5.41 Å². The Kier molecular flexibility index (Phi) is 10.4. The highest BCUT2D eigenvalue weighted by Gasteiger charge is 2.39. The fourth-order valence-corrected chi connectivity index (χ4v) is 16.0. The summed E-state index contributed by atoms with van der Waals surface area (Å²) in [5, 5.41) is 21.0. The molecule has 1 heteroatoms. The fraction of sp³-hybridized carbons (Fsp3) is 0.0345. The number of hydrogen-bond acceptors (Lipinski definition) is 0. The summed E-state index contributed by atoms with van der Waals surface area (Å²) >= 11 is 0. The highest BCUT2D eigenvalue weighted by molar-refractivity contribution is 6.30. The quantitative estimate of drug-likeness (QED) is 0.134. The molecule has 1 atom stereocenters. The van der Waals surface area contributed by atoms with Gasteiger partial charge < -0.3 is 4.40 Å². The molecule has 16 aromatic carbocycles. The number of aromatic nitrogens is 1. The summed E-state index contributed by atoms with van der Waals surface area (Å²) in [6.45, 7) is 2.50. The zero-order chi connectivity index (χ0) is 57.8. The molecule has 1 unspecified atom stereocenters. The van der Waals surface area contributed by atoms with Crippen molar-refractivity contribution >= 4 is 103 Å². The lowest BCUT2D eigenvalue weighted by Crippen LogP contribution is -2.24. The minimum Gasteiger partial charge on any atom is -0.308 e. The summed E-state index contributed by atoms with van der Waals surface area (Å²) < 4.78 is 2.45. The first-order valence-electron chi connectivity index (χ1n) is 30.9. The van der Waals surface area contributed by atoms with Crippen LogP contribution >= 0.6 is 0 Å². The zero-order valence-corrected chi connectivity index (χ0v) is 48.5. The summed E-state index contributed by atoms with van der Waals surface area (Å²) in [5.41, 5.74) is 22.4. The Morgan fingerprint density at radius 1 is 0.227 bits per heavy atom. The minimum atomic E-state index is -0.241. The molecule has 0 fully saturated rings. The summed E-state index contributed by atoms with van der Waals surface area (Å²) in [7, 11) is 0. The maximum Gasteiger partial charge on any atom is 0.0620 e. The van der Waals surface area contributed by atoms with Crippen molar-refractivity contribution in [3.05, 3.63) is 320 Å². The van der Waals surface area contributed by atoms with Crippen LogP contribution in [0.25, 0.3) is 169 Å². The van der Waals surface area contributed by atoms with Crippen LogP contribution in [0.15, 0.2) is 303 Å². The Labute approximate surface area is 509 Å². The fourth-order valence-electron chi connectivity index (χ4n) is 16.0. The molecule has 2 heterocycles. The summed E-state index contributed by atoms with van der Waals surface area (Å²) in [6, 6.07) is 114. The average molecular weight is 1110 g/mol. The van der Waals surface area contributed by atoms with E-state index in [1.54, 1.807) is 0 Å².